The van der Waals surface area contributed by atoms with Crippen LogP contribution in [0.25, 0.3) is 10.1 Å². The topological polar surface area (TPSA) is 23.5 Å². The van der Waals surface area contributed by atoms with Crippen molar-refractivity contribution in [1.82, 2.24) is 4.90 Å². The van der Waals surface area contributed by atoms with Crippen LogP contribution in [-0.4, -0.2) is 29.2 Å². The second-order valence-corrected chi connectivity index (χ2v) is 6.03. The van der Waals surface area contributed by atoms with Gasteiger partial charge < -0.3 is 5.11 Å². The van der Waals surface area contributed by atoms with E-state index in [9.17, 15) is 5.11 Å². The third-order valence-corrected chi connectivity index (χ3v) is 4.92. The number of hydrogen-bond acceptors (Lipinski definition) is 3. The normalized spacial score (nSPS) is 21.4. The minimum atomic E-state index is -0.164. The maximum Gasteiger partial charge on any atom is 0.0679 e. The SMILES string of the molecule is O[C@@H]1CCN(Cc2sc3ccccc3c2Cl)C1. The molecule has 1 fully saturated rings. The van der Waals surface area contributed by atoms with E-state index in [1.54, 1.807) is 11.3 Å². The Morgan fingerprint density at radius 1 is 1.41 bits per heavy atom. The van der Waals surface area contributed by atoms with Crippen molar-refractivity contribution < 1.29 is 5.11 Å². The Bertz CT molecular complexity index is 539. The van der Waals surface area contributed by atoms with Crippen LogP contribution in [0.15, 0.2) is 24.3 Å². The highest BCUT2D eigenvalue weighted by Crippen LogP contribution is 2.36. The maximum atomic E-state index is 9.52. The van der Waals surface area contributed by atoms with Crippen LogP contribution >= 0.6 is 22.9 Å². The summed E-state index contributed by atoms with van der Waals surface area (Å²) in [4.78, 5) is 3.48. The third-order valence-electron chi connectivity index (χ3n) is 3.22. The van der Waals surface area contributed by atoms with Crippen molar-refractivity contribution in [3.8, 4) is 0 Å². The lowest BCUT2D eigenvalue weighted by atomic mass is 10.2. The zero-order valence-corrected chi connectivity index (χ0v) is 11.0. The standard InChI is InChI=1S/C13H14ClNOS/c14-13-10-3-1-2-4-11(10)17-12(13)8-15-6-5-9(16)7-15/h1-4,9,16H,5-8H2/t9-/m1/s1. The molecule has 0 spiro atoms. The number of aliphatic hydroxyl groups excluding tert-OH is 1. The Morgan fingerprint density at radius 2 is 2.24 bits per heavy atom. The van der Waals surface area contributed by atoms with Gasteiger partial charge in [-0.05, 0) is 12.5 Å². The molecule has 1 atom stereocenters. The number of rotatable bonds is 2. The van der Waals surface area contributed by atoms with E-state index >= 15 is 0 Å². The molecule has 1 N–H and O–H groups in total. The van der Waals surface area contributed by atoms with Crippen LogP contribution in [0.5, 0.6) is 0 Å². The van der Waals surface area contributed by atoms with Gasteiger partial charge in [-0.3, -0.25) is 4.90 Å². The van der Waals surface area contributed by atoms with E-state index in [0.29, 0.717) is 0 Å². The summed E-state index contributed by atoms with van der Waals surface area (Å²) in [6.07, 6.45) is 0.714. The number of benzene rings is 1. The number of likely N-dealkylation sites (tertiary alicyclic amines) is 1. The summed E-state index contributed by atoms with van der Waals surface area (Å²) in [5, 5.41) is 11.5. The molecule has 1 aliphatic heterocycles. The summed E-state index contributed by atoms with van der Waals surface area (Å²) < 4.78 is 1.24. The van der Waals surface area contributed by atoms with E-state index in [0.717, 1.165) is 36.5 Å². The van der Waals surface area contributed by atoms with E-state index in [1.807, 2.05) is 12.1 Å². The quantitative estimate of drug-likeness (QED) is 0.904. The first kappa shape index (κ1) is 11.5. The van der Waals surface area contributed by atoms with Gasteiger partial charge in [-0.2, -0.15) is 0 Å². The highest BCUT2D eigenvalue weighted by Gasteiger charge is 2.22. The lowest BCUT2D eigenvalue weighted by Gasteiger charge is -2.13. The summed E-state index contributed by atoms with van der Waals surface area (Å²) >= 11 is 8.15. The molecule has 90 valence electrons. The van der Waals surface area contributed by atoms with Gasteiger partial charge in [0.05, 0.1) is 11.1 Å². The molecule has 1 saturated heterocycles. The summed E-state index contributed by atoms with van der Waals surface area (Å²) in [6, 6.07) is 8.23. The second kappa shape index (κ2) is 4.58. The highest BCUT2D eigenvalue weighted by molar-refractivity contribution is 7.19. The largest absolute Gasteiger partial charge is 0.392 e. The fourth-order valence-corrected chi connectivity index (χ4v) is 3.86. The number of nitrogens with zero attached hydrogens (tertiary/aromatic N) is 1. The fourth-order valence-electron chi connectivity index (χ4n) is 2.33. The van der Waals surface area contributed by atoms with Crippen molar-refractivity contribution in [3.63, 3.8) is 0 Å². The zero-order valence-electron chi connectivity index (χ0n) is 9.40. The Kier molecular flexibility index (Phi) is 3.09. The van der Waals surface area contributed by atoms with Crippen LogP contribution < -0.4 is 0 Å². The van der Waals surface area contributed by atoms with Crippen LogP contribution in [0.1, 0.15) is 11.3 Å². The lowest BCUT2D eigenvalue weighted by Crippen LogP contribution is -2.21. The molecule has 0 unspecified atom stereocenters. The van der Waals surface area contributed by atoms with Gasteiger partial charge in [-0.1, -0.05) is 29.8 Å². The van der Waals surface area contributed by atoms with Crippen LogP contribution in [0.3, 0.4) is 0 Å². The minimum Gasteiger partial charge on any atom is -0.392 e. The number of fused-ring (bicyclic) bond motifs is 1. The van der Waals surface area contributed by atoms with Gasteiger partial charge in [0, 0.05) is 34.6 Å². The molecular formula is C13H14ClNOS. The number of hydrogen-bond donors (Lipinski definition) is 1. The molecule has 2 heterocycles. The zero-order chi connectivity index (χ0) is 11.8. The molecule has 3 rings (SSSR count). The monoisotopic (exact) mass is 267 g/mol. The van der Waals surface area contributed by atoms with Crippen molar-refractivity contribution in [3.05, 3.63) is 34.2 Å². The molecule has 2 nitrogen and oxygen atoms in total. The Balaban J connectivity index is 1.88. The number of halogens is 1. The lowest BCUT2D eigenvalue weighted by molar-refractivity contribution is 0.175. The molecule has 0 radical (unpaired) electrons. The molecule has 17 heavy (non-hydrogen) atoms. The average Bonchev–Trinajstić information content (AvgIpc) is 2.86. The van der Waals surface area contributed by atoms with Crippen molar-refractivity contribution >= 4 is 33.0 Å². The molecule has 1 aliphatic rings. The fraction of sp³-hybridized carbons (Fsp3) is 0.385. The Morgan fingerprint density at radius 3 is 2.94 bits per heavy atom. The van der Waals surface area contributed by atoms with Gasteiger partial charge >= 0.3 is 0 Å². The minimum absolute atomic E-state index is 0.164. The summed E-state index contributed by atoms with van der Waals surface area (Å²) in [7, 11) is 0. The van der Waals surface area contributed by atoms with Gasteiger partial charge in [0.15, 0.2) is 0 Å². The van der Waals surface area contributed by atoms with E-state index in [-0.39, 0.29) is 6.10 Å². The molecule has 0 saturated carbocycles. The van der Waals surface area contributed by atoms with Crippen molar-refractivity contribution in [1.29, 1.82) is 0 Å². The molecule has 0 bridgehead atoms. The Hall–Kier alpha value is -0.610. The smallest absolute Gasteiger partial charge is 0.0679 e. The summed E-state index contributed by atoms with van der Waals surface area (Å²) in [5.74, 6) is 0. The molecule has 0 aliphatic carbocycles. The third kappa shape index (κ3) is 2.20. The van der Waals surface area contributed by atoms with Gasteiger partial charge in [0.1, 0.15) is 0 Å². The molecule has 0 amide bonds. The van der Waals surface area contributed by atoms with Gasteiger partial charge in [0.2, 0.25) is 0 Å². The summed E-state index contributed by atoms with van der Waals surface area (Å²) in [6.45, 7) is 2.59. The number of thiophene rings is 1. The second-order valence-electron chi connectivity index (χ2n) is 4.51. The number of aliphatic hydroxyl groups is 1. The predicted molar refractivity (Wildman–Crippen MR) is 72.7 cm³/mol. The van der Waals surface area contributed by atoms with E-state index in [4.69, 9.17) is 11.6 Å². The van der Waals surface area contributed by atoms with Crippen LogP contribution in [0, 0.1) is 0 Å². The highest BCUT2D eigenvalue weighted by atomic mass is 35.5. The van der Waals surface area contributed by atoms with Crippen LogP contribution in [-0.2, 0) is 6.54 Å². The van der Waals surface area contributed by atoms with E-state index < -0.39 is 0 Å². The molecular weight excluding hydrogens is 254 g/mol. The summed E-state index contributed by atoms with van der Waals surface area (Å²) in [5.41, 5.74) is 0. The van der Waals surface area contributed by atoms with Crippen LogP contribution in [0.4, 0.5) is 0 Å². The first-order chi connectivity index (χ1) is 8.24. The van der Waals surface area contributed by atoms with E-state index in [2.05, 4.69) is 17.0 Å². The van der Waals surface area contributed by atoms with E-state index in [1.165, 1.54) is 9.58 Å². The van der Waals surface area contributed by atoms with Crippen molar-refractivity contribution in [2.24, 2.45) is 0 Å². The first-order valence-corrected chi connectivity index (χ1v) is 7.00. The molecule has 1 aromatic heterocycles. The predicted octanol–water partition coefficient (Wildman–Crippen LogP) is 3.12. The maximum absolute atomic E-state index is 9.52. The van der Waals surface area contributed by atoms with Gasteiger partial charge in [-0.15, -0.1) is 11.3 Å². The first-order valence-electron chi connectivity index (χ1n) is 5.80. The van der Waals surface area contributed by atoms with Crippen molar-refractivity contribution in [2.75, 3.05) is 13.1 Å². The molecule has 1 aromatic carbocycles. The average molecular weight is 268 g/mol. The molecule has 4 heteroatoms. The Labute approximate surface area is 109 Å². The van der Waals surface area contributed by atoms with Gasteiger partial charge in [0.25, 0.3) is 0 Å². The van der Waals surface area contributed by atoms with Gasteiger partial charge in [-0.25, -0.2) is 0 Å². The molecule has 2 aromatic rings. The van der Waals surface area contributed by atoms with Crippen LogP contribution in [0.2, 0.25) is 5.02 Å². The number of β-amino-alcohol motifs (C(OH)–C–C–N with tert-alkyl or cyclic N) is 1. The van der Waals surface area contributed by atoms with Crippen molar-refractivity contribution in [2.45, 2.75) is 19.1 Å².